The fourth-order valence-electron chi connectivity index (χ4n) is 1.55. The summed E-state index contributed by atoms with van der Waals surface area (Å²) in [4.78, 5) is 11.4. The second kappa shape index (κ2) is 4.95. The van der Waals surface area contributed by atoms with Crippen LogP contribution in [-0.4, -0.2) is 14.9 Å². The summed E-state index contributed by atoms with van der Waals surface area (Å²) < 4.78 is 27.0. The van der Waals surface area contributed by atoms with E-state index in [0.717, 1.165) is 16.8 Å². The summed E-state index contributed by atoms with van der Waals surface area (Å²) in [6.45, 7) is 0.107. The molecule has 6 heteroatoms. The zero-order valence-electron chi connectivity index (χ0n) is 9.31. The first-order valence-electron chi connectivity index (χ1n) is 5.27. The average Bonchev–Trinajstić information content (AvgIpc) is 2.33. The monoisotopic (exact) mass is 252 g/mol. The second-order valence-corrected chi connectivity index (χ2v) is 3.73. The number of nitrogens with zero attached hydrogens (tertiary/aromatic N) is 2. The van der Waals surface area contributed by atoms with E-state index >= 15 is 0 Å². The molecule has 4 nitrogen and oxygen atoms in total. The van der Waals surface area contributed by atoms with E-state index in [1.54, 1.807) is 0 Å². The summed E-state index contributed by atoms with van der Waals surface area (Å²) in [5, 5.41) is 12.9. The molecular weight excluding hydrogens is 242 g/mol. The van der Waals surface area contributed by atoms with Crippen molar-refractivity contribution < 1.29 is 13.9 Å². The van der Waals surface area contributed by atoms with Crippen molar-refractivity contribution in [1.29, 1.82) is 0 Å². The molecule has 1 heterocycles. The third-order valence-corrected chi connectivity index (χ3v) is 2.50. The molecule has 0 aliphatic heterocycles. The van der Waals surface area contributed by atoms with Crippen molar-refractivity contribution >= 4 is 0 Å². The van der Waals surface area contributed by atoms with E-state index in [1.165, 1.54) is 18.3 Å². The highest BCUT2D eigenvalue weighted by Gasteiger charge is 2.06. The number of hydrogen-bond acceptors (Lipinski definition) is 3. The number of benzene rings is 1. The second-order valence-electron chi connectivity index (χ2n) is 3.73. The van der Waals surface area contributed by atoms with Gasteiger partial charge in [0.15, 0.2) is 5.75 Å². The van der Waals surface area contributed by atoms with Crippen molar-refractivity contribution in [3.63, 3.8) is 0 Å². The van der Waals surface area contributed by atoms with E-state index < -0.39 is 22.9 Å². The predicted molar refractivity (Wildman–Crippen MR) is 60.2 cm³/mol. The smallest absolute Gasteiger partial charge is 0.308 e. The fourth-order valence-corrected chi connectivity index (χ4v) is 1.55. The Kier molecular flexibility index (Phi) is 3.36. The third-order valence-electron chi connectivity index (χ3n) is 2.50. The normalized spacial score (nSPS) is 10.6. The van der Waals surface area contributed by atoms with Gasteiger partial charge in [-0.2, -0.15) is 5.10 Å². The van der Waals surface area contributed by atoms with Gasteiger partial charge in [-0.1, -0.05) is 6.07 Å². The SMILES string of the molecule is O=c1c(O)ccnn1CCc1ccc(F)cc1F. The van der Waals surface area contributed by atoms with Crippen LogP contribution in [0.5, 0.6) is 5.75 Å². The number of halogens is 2. The summed E-state index contributed by atoms with van der Waals surface area (Å²) in [6.07, 6.45) is 1.46. The fraction of sp³-hybridized carbons (Fsp3) is 0.167. The van der Waals surface area contributed by atoms with Gasteiger partial charge in [0.2, 0.25) is 0 Å². The van der Waals surface area contributed by atoms with Crippen LogP contribution < -0.4 is 5.56 Å². The molecule has 0 atom stereocenters. The molecule has 2 aromatic rings. The summed E-state index contributed by atoms with van der Waals surface area (Å²) in [5.41, 5.74) is -0.353. The van der Waals surface area contributed by atoms with E-state index in [4.69, 9.17) is 0 Å². The number of aromatic hydroxyl groups is 1. The Balaban J connectivity index is 2.17. The molecule has 2 rings (SSSR count). The van der Waals surface area contributed by atoms with Crippen LogP contribution in [0, 0.1) is 11.6 Å². The molecule has 0 saturated heterocycles. The third kappa shape index (κ3) is 2.53. The Morgan fingerprint density at radius 3 is 2.78 bits per heavy atom. The minimum absolute atomic E-state index is 0.107. The first-order chi connectivity index (χ1) is 8.58. The maximum atomic E-state index is 13.3. The topological polar surface area (TPSA) is 55.1 Å². The molecule has 0 aliphatic rings. The molecule has 94 valence electrons. The molecule has 0 saturated carbocycles. The van der Waals surface area contributed by atoms with Crippen LogP contribution in [0.3, 0.4) is 0 Å². The molecule has 0 aliphatic carbocycles. The van der Waals surface area contributed by atoms with Crippen LogP contribution in [0.15, 0.2) is 35.3 Å². The van der Waals surface area contributed by atoms with Crippen molar-refractivity contribution in [3.8, 4) is 5.75 Å². The molecule has 0 radical (unpaired) electrons. The van der Waals surface area contributed by atoms with E-state index in [2.05, 4.69) is 5.10 Å². The lowest BCUT2D eigenvalue weighted by atomic mass is 10.1. The van der Waals surface area contributed by atoms with Gasteiger partial charge in [0.05, 0.1) is 6.20 Å². The summed E-state index contributed by atoms with van der Waals surface area (Å²) in [6, 6.07) is 4.43. The molecule has 18 heavy (non-hydrogen) atoms. The Morgan fingerprint density at radius 2 is 2.06 bits per heavy atom. The number of hydrogen-bond donors (Lipinski definition) is 1. The quantitative estimate of drug-likeness (QED) is 0.900. The zero-order valence-corrected chi connectivity index (χ0v) is 9.31. The Morgan fingerprint density at radius 1 is 1.28 bits per heavy atom. The predicted octanol–water partition coefficient (Wildman–Crippen LogP) is 1.47. The lowest BCUT2D eigenvalue weighted by Crippen LogP contribution is -2.23. The molecule has 1 aromatic heterocycles. The van der Waals surface area contributed by atoms with Crippen molar-refractivity contribution in [2.75, 3.05) is 0 Å². The number of aromatic nitrogens is 2. The highest BCUT2D eigenvalue weighted by Crippen LogP contribution is 2.10. The molecular formula is C12H10F2N2O2. The van der Waals surface area contributed by atoms with Crippen molar-refractivity contribution in [3.05, 3.63) is 58.0 Å². The summed E-state index contributed by atoms with van der Waals surface area (Å²) in [5.74, 6) is -1.73. The largest absolute Gasteiger partial charge is 0.503 e. The van der Waals surface area contributed by atoms with Gasteiger partial charge in [-0.3, -0.25) is 4.79 Å². The van der Waals surface area contributed by atoms with Crippen LogP contribution in [0.2, 0.25) is 0 Å². The molecule has 0 bridgehead atoms. The highest BCUT2D eigenvalue weighted by atomic mass is 19.1. The molecule has 0 unspecified atom stereocenters. The van der Waals surface area contributed by atoms with Crippen molar-refractivity contribution in [2.45, 2.75) is 13.0 Å². The van der Waals surface area contributed by atoms with Crippen LogP contribution >= 0.6 is 0 Å². The van der Waals surface area contributed by atoms with Gasteiger partial charge >= 0.3 is 5.56 Å². The first-order valence-corrected chi connectivity index (χ1v) is 5.27. The lowest BCUT2D eigenvalue weighted by molar-refractivity contribution is 0.443. The Labute approximate surface area is 101 Å². The molecule has 0 amide bonds. The number of rotatable bonds is 3. The van der Waals surface area contributed by atoms with Gasteiger partial charge in [-0.25, -0.2) is 13.5 Å². The van der Waals surface area contributed by atoms with Crippen LogP contribution in [0.4, 0.5) is 8.78 Å². The van der Waals surface area contributed by atoms with Crippen molar-refractivity contribution in [1.82, 2.24) is 9.78 Å². The van der Waals surface area contributed by atoms with Gasteiger partial charge in [0, 0.05) is 18.7 Å². The van der Waals surface area contributed by atoms with E-state index in [9.17, 15) is 18.7 Å². The van der Waals surface area contributed by atoms with Gasteiger partial charge in [-0.05, 0) is 18.1 Å². The highest BCUT2D eigenvalue weighted by molar-refractivity contribution is 5.18. The maximum absolute atomic E-state index is 13.3. The van der Waals surface area contributed by atoms with E-state index in [1.807, 2.05) is 0 Å². The van der Waals surface area contributed by atoms with Gasteiger partial charge in [0.25, 0.3) is 0 Å². The van der Waals surface area contributed by atoms with Gasteiger partial charge < -0.3 is 5.11 Å². The number of aryl methyl sites for hydroxylation is 2. The summed E-state index contributed by atoms with van der Waals surface area (Å²) in [7, 11) is 0. The van der Waals surface area contributed by atoms with Crippen LogP contribution in [-0.2, 0) is 13.0 Å². The minimum Gasteiger partial charge on any atom is -0.503 e. The minimum atomic E-state index is -0.664. The molecule has 1 N–H and O–H groups in total. The maximum Gasteiger partial charge on any atom is 0.308 e. The first kappa shape index (κ1) is 12.2. The summed E-state index contributed by atoms with van der Waals surface area (Å²) >= 11 is 0. The van der Waals surface area contributed by atoms with Gasteiger partial charge in [0.1, 0.15) is 11.6 Å². The van der Waals surface area contributed by atoms with E-state index in [0.29, 0.717) is 0 Å². The van der Waals surface area contributed by atoms with E-state index in [-0.39, 0.29) is 18.5 Å². The Hall–Kier alpha value is -2.24. The molecule has 0 spiro atoms. The van der Waals surface area contributed by atoms with Gasteiger partial charge in [-0.15, -0.1) is 0 Å². The standard InChI is InChI=1S/C12H10F2N2O2/c13-9-2-1-8(10(14)7-9)4-6-16-12(18)11(17)3-5-15-16/h1-3,5,7,17H,4,6H2. The van der Waals surface area contributed by atoms with Crippen molar-refractivity contribution in [2.24, 2.45) is 0 Å². The molecule has 0 fully saturated rings. The molecule has 1 aromatic carbocycles. The zero-order chi connectivity index (χ0) is 13.1. The lowest BCUT2D eigenvalue weighted by Gasteiger charge is -2.05. The van der Waals surface area contributed by atoms with Crippen LogP contribution in [0.1, 0.15) is 5.56 Å². The van der Waals surface area contributed by atoms with Crippen LogP contribution in [0.25, 0.3) is 0 Å². The Bertz CT molecular complexity index is 626. The average molecular weight is 252 g/mol.